The summed E-state index contributed by atoms with van der Waals surface area (Å²) in [6.45, 7) is 5.17. The summed E-state index contributed by atoms with van der Waals surface area (Å²) in [7, 11) is 1.70. The molecule has 3 heterocycles. The first-order valence-electron chi connectivity index (χ1n) is 8.99. The molecule has 1 aliphatic rings. The van der Waals surface area contributed by atoms with Crippen molar-refractivity contribution in [1.29, 1.82) is 0 Å². The molecule has 6 heteroatoms. The van der Waals surface area contributed by atoms with Gasteiger partial charge in [-0.25, -0.2) is 4.98 Å². The van der Waals surface area contributed by atoms with Crippen LogP contribution in [0, 0.1) is 0 Å². The van der Waals surface area contributed by atoms with Gasteiger partial charge in [-0.3, -0.25) is 4.90 Å². The van der Waals surface area contributed by atoms with E-state index in [-0.39, 0.29) is 0 Å². The molecule has 0 amide bonds. The molecule has 0 saturated carbocycles. The van der Waals surface area contributed by atoms with E-state index < -0.39 is 0 Å². The predicted octanol–water partition coefficient (Wildman–Crippen LogP) is 3.57. The maximum absolute atomic E-state index is 5.42. The molecule has 0 radical (unpaired) electrons. The highest BCUT2D eigenvalue weighted by molar-refractivity contribution is 9.10. The van der Waals surface area contributed by atoms with Gasteiger partial charge in [0.2, 0.25) is 0 Å². The summed E-state index contributed by atoms with van der Waals surface area (Å²) in [6, 6.07) is 12.2. The molecule has 0 atom stereocenters. The van der Waals surface area contributed by atoms with Gasteiger partial charge >= 0.3 is 0 Å². The Morgan fingerprint density at radius 3 is 3.00 bits per heavy atom. The molecule has 0 unspecified atom stereocenters. The lowest BCUT2D eigenvalue weighted by Gasteiger charge is -2.20. The monoisotopic (exact) mass is 414 g/mol. The van der Waals surface area contributed by atoms with E-state index in [1.165, 1.54) is 12.1 Å². The fourth-order valence-electron chi connectivity index (χ4n) is 3.51. The van der Waals surface area contributed by atoms with E-state index in [4.69, 9.17) is 9.72 Å². The first kappa shape index (κ1) is 17.5. The molecular weight excluding hydrogens is 392 g/mol. The van der Waals surface area contributed by atoms with Gasteiger partial charge in [0.05, 0.1) is 23.0 Å². The molecule has 3 aromatic rings. The average Bonchev–Trinajstić information content (AvgIpc) is 2.85. The Morgan fingerprint density at radius 1 is 1.19 bits per heavy atom. The van der Waals surface area contributed by atoms with Crippen LogP contribution in [0.3, 0.4) is 0 Å². The fourth-order valence-corrected chi connectivity index (χ4v) is 3.94. The number of hydrogen-bond donors (Lipinski definition) is 1. The van der Waals surface area contributed by atoms with Gasteiger partial charge in [0.1, 0.15) is 5.75 Å². The van der Waals surface area contributed by atoms with E-state index in [0.717, 1.165) is 59.9 Å². The van der Waals surface area contributed by atoms with Crippen molar-refractivity contribution in [3.63, 3.8) is 0 Å². The smallest absolute Gasteiger partial charge is 0.152 e. The number of methoxy groups -OCH3 is 1. The second-order valence-corrected chi connectivity index (χ2v) is 7.42. The largest absolute Gasteiger partial charge is 0.497 e. The molecule has 1 fully saturated rings. The third-order valence-electron chi connectivity index (χ3n) is 4.85. The summed E-state index contributed by atoms with van der Waals surface area (Å²) in [5.74, 6) is 0.851. The molecule has 26 heavy (non-hydrogen) atoms. The van der Waals surface area contributed by atoms with Crippen LogP contribution < -0.4 is 10.1 Å². The van der Waals surface area contributed by atoms with Crippen LogP contribution in [0.5, 0.6) is 5.75 Å². The number of nitrogens with zero attached hydrogens (tertiary/aromatic N) is 3. The lowest BCUT2D eigenvalue weighted by Crippen LogP contribution is -2.28. The first-order chi connectivity index (χ1) is 12.8. The standard InChI is InChI=1S/C20H23BrN4O/c1-26-16-6-2-5-15(13-16)19-18(14-24-10-4-8-22-9-12-24)25-11-3-7-17(21)20(25)23-19/h2-3,5-7,11,13,22H,4,8-10,12,14H2,1H3. The summed E-state index contributed by atoms with van der Waals surface area (Å²) in [6.07, 6.45) is 3.27. The van der Waals surface area contributed by atoms with E-state index in [0.29, 0.717) is 0 Å². The summed E-state index contributed by atoms with van der Waals surface area (Å²) in [5.41, 5.74) is 4.28. The van der Waals surface area contributed by atoms with Crippen LogP contribution in [0.4, 0.5) is 0 Å². The summed E-state index contributed by atoms with van der Waals surface area (Å²) < 4.78 is 8.63. The van der Waals surface area contributed by atoms with Gasteiger partial charge in [0.15, 0.2) is 5.65 Å². The minimum Gasteiger partial charge on any atom is -0.497 e. The molecule has 1 N–H and O–H groups in total. The number of pyridine rings is 1. The van der Waals surface area contributed by atoms with E-state index in [1.807, 2.05) is 18.2 Å². The summed E-state index contributed by atoms with van der Waals surface area (Å²) in [5, 5.41) is 3.48. The van der Waals surface area contributed by atoms with E-state index in [1.54, 1.807) is 7.11 Å². The molecular formula is C20H23BrN4O. The lowest BCUT2D eigenvalue weighted by molar-refractivity contribution is 0.281. The Morgan fingerprint density at radius 2 is 2.12 bits per heavy atom. The van der Waals surface area contributed by atoms with Crippen LogP contribution in [-0.2, 0) is 6.54 Å². The highest BCUT2D eigenvalue weighted by Gasteiger charge is 2.19. The zero-order chi connectivity index (χ0) is 17.9. The molecule has 0 aliphatic carbocycles. The fraction of sp³-hybridized carbons (Fsp3) is 0.350. The van der Waals surface area contributed by atoms with Gasteiger partial charge in [-0.05, 0) is 59.7 Å². The summed E-state index contributed by atoms with van der Waals surface area (Å²) in [4.78, 5) is 7.47. The van der Waals surface area contributed by atoms with Crippen molar-refractivity contribution in [3.05, 3.63) is 52.8 Å². The van der Waals surface area contributed by atoms with Crippen LogP contribution in [0.1, 0.15) is 12.1 Å². The maximum atomic E-state index is 5.42. The molecule has 136 valence electrons. The zero-order valence-electron chi connectivity index (χ0n) is 14.9. The Hall–Kier alpha value is -1.89. The van der Waals surface area contributed by atoms with Gasteiger partial charge in [-0.15, -0.1) is 0 Å². The third kappa shape index (κ3) is 3.49. The Kier molecular flexibility index (Phi) is 5.24. The third-order valence-corrected chi connectivity index (χ3v) is 5.47. The molecule has 1 aromatic carbocycles. The van der Waals surface area contributed by atoms with Crippen LogP contribution in [0.25, 0.3) is 16.9 Å². The minimum absolute atomic E-state index is 0.851. The highest BCUT2D eigenvalue weighted by atomic mass is 79.9. The molecule has 5 nitrogen and oxygen atoms in total. The van der Waals surface area contributed by atoms with Gasteiger partial charge in [0, 0.05) is 31.4 Å². The minimum atomic E-state index is 0.851. The number of benzene rings is 1. The number of halogens is 1. The number of fused-ring (bicyclic) bond motifs is 1. The molecule has 2 aromatic heterocycles. The molecule has 0 spiro atoms. The predicted molar refractivity (Wildman–Crippen MR) is 108 cm³/mol. The lowest BCUT2D eigenvalue weighted by atomic mass is 10.1. The van der Waals surface area contributed by atoms with Crippen LogP contribution in [0.2, 0.25) is 0 Å². The van der Waals surface area contributed by atoms with Gasteiger partial charge in [-0.2, -0.15) is 0 Å². The Balaban J connectivity index is 1.81. The SMILES string of the molecule is COc1cccc(-c2nc3c(Br)cccn3c2CN2CCCNCC2)c1. The first-order valence-corrected chi connectivity index (χ1v) is 9.78. The Labute approximate surface area is 162 Å². The van der Waals surface area contributed by atoms with Crippen LogP contribution >= 0.6 is 15.9 Å². The highest BCUT2D eigenvalue weighted by Crippen LogP contribution is 2.30. The number of ether oxygens (including phenoxy) is 1. The maximum Gasteiger partial charge on any atom is 0.152 e. The second kappa shape index (κ2) is 7.78. The number of hydrogen-bond acceptors (Lipinski definition) is 4. The number of nitrogens with one attached hydrogen (secondary N) is 1. The van der Waals surface area contributed by atoms with Gasteiger partial charge in [-0.1, -0.05) is 12.1 Å². The van der Waals surface area contributed by atoms with Crippen molar-refractivity contribution in [1.82, 2.24) is 19.6 Å². The van der Waals surface area contributed by atoms with Crippen molar-refractivity contribution < 1.29 is 4.74 Å². The molecule has 4 rings (SSSR count). The van der Waals surface area contributed by atoms with E-state index in [2.05, 4.69) is 54.9 Å². The second-order valence-electron chi connectivity index (χ2n) is 6.57. The molecule has 1 aliphatic heterocycles. The topological polar surface area (TPSA) is 41.8 Å². The van der Waals surface area contributed by atoms with Crippen LogP contribution in [0.15, 0.2) is 47.1 Å². The van der Waals surface area contributed by atoms with Crippen molar-refractivity contribution in [3.8, 4) is 17.0 Å². The van der Waals surface area contributed by atoms with Gasteiger partial charge in [0.25, 0.3) is 0 Å². The van der Waals surface area contributed by atoms with E-state index in [9.17, 15) is 0 Å². The van der Waals surface area contributed by atoms with Crippen LogP contribution in [-0.4, -0.2) is 47.6 Å². The van der Waals surface area contributed by atoms with Gasteiger partial charge < -0.3 is 14.5 Å². The molecule has 1 saturated heterocycles. The van der Waals surface area contributed by atoms with E-state index >= 15 is 0 Å². The van der Waals surface area contributed by atoms with Crippen molar-refractivity contribution in [2.24, 2.45) is 0 Å². The van der Waals surface area contributed by atoms with Crippen molar-refractivity contribution in [2.75, 3.05) is 33.3 Å². The van der Waals surface area contributed by atoms with Crippen molar-refractivity contribution >= 4 is 21.6 Å². The normalized spacial score (nSPS) is 15.9. The van der Waals surface area contributed by atoms with Crippen molar-refractivity contribution in [2.45, 2.75) is 13.0 Å². The molecule has 0 bridgehead atoms. The summed E-state index contributed by atoms with van der Waals surface area (Å²) >= 11 is 3.65. The average molecular weight is 415 g/mol. The zero-order valence-corrected chi connectivity index (χ0v) is 16.5. The number of aromatic nitrogens is 2. The quantitative estimate of drug-likeness (QED) is 0.708. The number of rotatable bonds is 4. The number of imidazole rings is 1. The Bertz CT molecular complexity index is 900.